The van der Waals surface area contributed by atoms with Crippen molar-refractivity contribution in [2.24, 2.45) is 5.92 Å². The van der Waals surface area contributed by atoms with E-state index in [9.17, 15) is 0 Å². The van der Waals surface area contributed by atoms with Gasteiger partial charge in [0.25, 0.3) is 0 Å². The Balaban J connectivity index is 2.29. The molecule has 0 fully saturated rings. The van der Waals surface area contributed by atoms with Gasteiger partial charge in [0, 0.05) is 19.1 Å². The second kappa shape index (κ2) is 9.11. The summed E-state index contributed by atoms with van der Waals surface area (Å²) in [6.07, 6.45) is 1.18. The van der Waals surface area contributed by atoms with E-state index in [1.165, 1.54) is 12.0 Å². The van der Waals surface area contributed by atoms with Crippen molar-refractivity contribution in [1.82, 2.24) is 10.6 Å². The van der Waals surface area contributed by atoms with Gasteiger partial charge >= 0.3 is 0 Å². The average molecular weight is 262 g/mol. The molecular weight excluding hydrogens is 232 g/mol. The summed E-state index contributed by atoms with van der Waals surface area (Å²) in [5.41, 5.74) is 1.44. The molecule has 1 aromatic rings. The van der Waals surface area contributed by atoms with Gasteiger partial charge in [0.2, 0.25) is 0 Å². The topological polar surface area (TPSA) is 24.1 Å². The van der Waals surface area contributed by atoms with Gasteiger partial charge in [0.05, 0.1) is 0 Å². The lowest BCUT2D eigenvalue weighted by molar-refractivity contribution is 0.452. The van der Waals surface area contributed by atoms with Crippen LogP contribution in [0.3, 0.4) is 0 Å². The molecule has 0 bridgehead atoms. The molecule has 19 heavy (non-hydrogen) atoms. The molecule has 1 rings (SSSR count). The Bertz CT molecular complexity index is 321. The minimum absolute atomic E-state index is 0.525. The third-order valence-electron chi connectivity index (χ3n) is 3.48. The van der Waals surface area contributed by atoms with Crippen LogP contribution in [0.2, 0.25) is 0 Å². The van der Waals surface area contributed by atoms with Gasteiger partial charge in [-0.05, 0) is 37.3 Å². The first kappa shape index (κ1) is 16.2. The van der Waals surface area contributed by atoms with Crippen LogP contribution in [-0.4, -0.2) is 25.7 Å². The molecule has 0 aliphatic rings. The number of benzene rings is 1. The van der Waals surface area contributed by atoms with Gasteiger partial charge < -0.3 is 10.6 Å². The van der Waals surface area contributed by atoms with Gasteiger partial charge in [-0.1, -0.05) is 51.1 Å². The Morgan fingerprint density at radius 2 is 1.63 bits per heavy atom. The van der Waals surface area contributed by atoms with Crippen molar-refractivity contribution in [2.45, 2.75) is 46.1 Å². The van der Waals surface area contributed by atoms with E-state index in [4.69, 9.17) is 0 Å². The Hall–Kier alpha value is -0.860. The van der Waals surface area contributed by atoms with Crippen LogP contribution in [0.5, 0.6) is 0 Å². The molecule has 2 N–H and O–H groups in total. The van der Waals surface area contributed by atoms with Crippen molar-refractivity contribution >= 4 is 0 Å². The molecule has 0 spiro atoms. The highest BCUT2D eigenvalue weighted by atomic mass is 15.0. The van der Waals surface area contributed by atoms with Gasteiger partial charge in [0.1, 0.15) is 0 Å². The van der Waals surface area contributed by atoms with Gasteiger partial charge in [-0.15, -0.1) is 0 Å². The van der Waals surface area contributed by atoms with Gasteiger partial charge in [-0.25, -0.2) is 0 Å². The van der Waals surface area contributed by atoms with Crippen LogP contribution >= 0.6 is 0 Å². The monoisotopic (exact) mass is 262 g/mol. The van der Waals surface area contributed by atoms with Crippen LogP contribution in [0.25, 0.3) is 0 Å². The van der Waals surface area contributed by atoms with E-state index >= 15 is 0 Å². The van der Waals surface area contributed by atoms with Crippen LogP contribution in [0.1, 0.15) is 45.6 Å². The van der Waals surface area contributed by atoms with E-state index in [0.29, 0.717) is 12.0 Å². The van der Waals surface area contributed by atoms with Gasteiger partial charge in [-0.2, -0.15) is 0 Å². The first-order valence-electron chi connectivity index (χ1n) is 7.62. The van der Waals surface area contributed by atoms with E-state index in [2.05, 4.69) is 68.7 Å². The van der Waals surface area contributed by atoms with Crippen LogP contribution in [0.4, 0.5) is 0 Å². The smallest absolute Gasteiger partial charge is 0.0164 e. The van der Waals surface area contributed by atoms with E-state index in [1.54, 1.807) is 0 Å². The molecule has 0 saturated carbocycles. The predicted molar refractivity (Wildman–Crippen MR) is 84.6 cm³/mol. The van der Waals surface area contributed by atoms with Crippen molar-refractivity contribution in [2.75, 3.05) is 19.6 Å². The van der Waals surface area contributed by atoms with Crippen molar-refractivity contribution in [1.29, 1.82) is 0 Å². The highest BCUT2D eigenvalue weighted by Gasteiger charge is 2.10. The maximum atomic E-state index is 3.64. The van der Waals surface area contributed by atoms with E-state index in [0.717, 1.165) is 25.6 Å². The summed E-state index contributed by atoms with van der Waals surface area (Å²) in [5.74, 6) is 1.34. The summed E-state index contributed by atoms with van der Waals surface area (Å²) in [4.78, 5) is 0. The van der Waals surface area contributed by atoms with Crippen molar-refractivity contribution in [3.8, 4) is 0 Å². The van der Waals surface area contributed by atoms with Crippen LogP contribution in [-0.2, 0) is 0 Å². The van der Waals surface area contributed by atoms with E-state index in [-0.39, 0.29) is 0 Å². The second-order valence-corrected chi connectivity index (χ2v) is 5.88. The molecule has 108 valence electrons. The van der Waals surface area contributed by atoms with E-state index < -0.39 is 0 Å². The highest BCUT2D eigenvalue weighted by molar-refractivity contribution is 5.19. The third-order valence-corrected chi connectivity index (χ3v) is 3.48. The summed E-state index contributed by atoms with van der Waals surface area (Å²) in [7, 11) is 0. The first-order valence-corrected chi connectivity index (χ1v) is 7.62. The quantitative estimate of drug-likeness (QED) is 0.713. The number of hydrogen-bond acceptors (Lipinski definition) is 2. The maximum absolute atomic E-state index is 3.64. The molecule has 2 nitrogen and oxygen atoms in total. The molecule has 2 atom stereocenters. The molecule has 0 radical (unpaired) electrons. The Morgan fingerprint density at radius 1 is 0.947 bits per heavy atom. The fraction of sp³-hybridized carbons (Fsp3) is 0.647. The standard InChI is InChI=1S/C17H30N2/c1-5-16(17-9-7-6-8-10-17)13-19-15(4)12-18-11-14(2)3/h6-10,14-16,18-19H,5,11-13H2,1-4H3. The number of hydrogen-bond donors (Lipinski definition) is 2. The molecule has 0 aromatic heterocycles. The molecule has 0 aliphatic carbocycles. The summed E-state index contributed by atoms with van der Waals surface area (Å²) in [6, 6.07) is 11.3. The predicted octanol–water partition coefficient (Wildman–Crippen LogP) is 3.40. The lowest BCUT2D eigenvalue weighted by Crippen LogP contribution is -2.39. The molecule has 0 amide bonds. The van der Waals surface area contributed by atoms with E-state index in [1.807, 2.05) is 0 Å². The summed E-state index contributed by atoms with van der Waals surface area (Å²) < 4.78 is 0. The van der Waals surface area contributed by atoms with Crippen molar-refractivity contribution in [3.05, 3.63) is 35.9 Å². The molecule has 1 aromatic carbocycles. The zero-order valence-electron chi connectivity index (χ0n) is 12.9. The summed E-state index contributed by atoms with van der Waals surface area (Å²) in [6.45, 7) is 12.2. The minimum Gasteiger partial charge on any atom is -0.315 e. The number of nitrogens with one attached hydrogen (secondary N) is 2. The lowest BCUT2D eigenvalue weighted by Gasteiger charge is -2.21. The molecule has 2 heteroatoms. The summed E-state index contributed by atoms with van der Waals surface area (Å²) in [5, 5.41) is 7.15. The molecule has 0 aliphatic heterocycles. The van der Waals surface area contributed by atoms with Crippen LogP contribution in [0.15, 0.2) is 30.3 Å². The van der Waals surface area contributed by atoms with Crippen molar-refractivity contribution in [3.63, 3.8) is 0 Å². The van der Waals surface area contributed by atoms with Gasteiger partial charge in [-0.3, -0.25) is 0 Å². The van der Waals surface area contributed by atoms with Crippen LogP contribution < -0.4 is 10.6 Å². The average Bonchev–Trinajstić information content (AvgIpc) is 2.40. The first-order chi connectivity index (χ1) is 9.13. The molecule has 2 unspecified atom stereocenters. The van der Waals surface area contributed by atoms with Crippen LogP contribution in [0, 0.1) is 5.92 Å². The molecule has 0 heterocycles. The minimum atomic E-state index is 0.525. The second-order valence-electron chi connectivity index (χ2n) is 5.88. The fourth-order valence-electron chi connectivity index (χ4n) is 2.23. The summed E-state index contributed by atoms with van der Waals surface area (Å²) >= 11 is 0. The Morgan fingerprint density at radius 3 is 2.21 bits per heavy atom. The number of rotatable bonds is 9. The molecular formula is C17H30N2. The largest absolute Gasteiger partial charge is 0.315 e. The van der Waals surface area contributed by atoms with Gasteiger partial charge in [0.15, 0.2) is 0 Å². The third kappa shape index (κ3) is 6.74. The van der Waals surface area contributed by atoms with Crippen molar-refractivity contribution < 1.29 is 0 Å². The Labute approximate surface area is 119 Å². The normalized spacial score (nSPS) is 14.6. The Kier molecular flexibility index (Phi) is 7.76. The molecule has 0 saturated heterocycles. The zero-order valence-corrected chi connectivity index (χ0v) is 12.9. The fourth-order valence-corrected chi connectivity index (χ4v) is 2.23. The lowest BCUT2D eigenvalue weighted by atomic mass is 9.96. The highest BCUT2D eigenvalue weighted by Crippen LogP contribution is 2.17. The maximum Gasteiger partial charge on any atom is 0.0164 e. The zero-order chi connectivity index (χ0) is 14.1. The SMILES string of the molecule is CCC(CNC(C)CNCC(C)C)c1ccccc1.